The molecule has 1 aromatic rings. The van der Waals surface area contributed by atoms with Gasteiger partial charge in [-0.15, -0.1) is 0 Å². The van der Waals surface area contributed by atoms with Crippen molar-refractivity contribution in [3.05, 3.63) is 27.7 Å². The van der Waals surface area contributed by atoms with Crippen LogP contribution in [0.25, 0.3) is 0 Å². The fraction of sp³-hybridized carbons (Fsp3) is 0.364. The van der Waals surface area contributed by atoms with Crippen molar-refractivity contribution < 1.29 is 22.7 Å². The van der Waals surface area contributed by atoms with Gasteiger partial charge >= 0.3 is 6.18 Å². The number of nitrogens with one attached hydrogen (secondary N) is 1. The summed E-state index contributed by atoms with van der Waals surface area (Å²) >= 11 is 11.5. The maximum absolute atomic E-state index is 11.8. The molecule has 0 bridgehead atoms. The van der Waals surface area contributed by atoms with Gasteiger partial charge in [0.25, 0.3) is 5.91 Å². The Morgan fingerprint density at radius 1 is 1.30 bits per heavy atom. The summed E-state index contributed by atoms with van der Waals surface area (Å²) in [6, 6.07) is 2.63. The number of nitrogens with two attached hydrogens (primary N) is 1. The predicted octanol–water partition coefficient (Wildman–Crippen LogP) is 2.88. The highest BCUT2D eigenvalue weighted by molar-refractivity contribution is 6.39. The van der Waals surface area contributed by atoms with Gasteiger partial charge in [0.05, 0.1) is 22.3 Å². The van der Waals surface area contributed by atoms with Gasteiger partial charge in [-0.1, -0.05) is 23.2 Å². The van der Waals surface area contributed by atoms with Crippen LogP contribution >= 0.6 is 23.2 Å². The summed E-state index contributed by atoms with van der Waals surface area (Å²) in [5.74, 6) is -0.538. The zero-order valence-corrected chi connectivity index (χ0v) is 11.6. The Bertz CT molecular complexity index is 472. The van der Waals surface area contributed by atoms with Crippen LogP contribution in [0, 0.1) is 0 Å². The van der Waals surface area contributed by atoms with Gasteiger partial charge in [-0.2, -0.15) is 13.2 Å². The Balaban J connectivity index is 2.44. The number of hydrogen-bond acceptors (Lipinski definition) is 3. The van der Waals surface area contributed by atoms with E-state index in [1.54, 1.807) is 0 Å². The first-order valence-corrected chi connectivity index (χ1v) is 6.13. The number of carbonyl (C=O) groups is 1. The first-order valence-electron chi connectivity index (χ1n) is 5.38. The minimum atomic E-state index is -4.39. The smallest absolute Gasteiger partial charge is 0.396 e. The van der Waals surface area contributed by atoms with Crippen molar-refractivity contribution in [1.29, 1.82) is 0 Å². The number of halogens is 5. The van der Waals surface area contributed by atoms with E-state index in [0.29, 0.717) is 0 Å². The molecule has 3 N–H and O–H groups in total. The third-order valence-corrected chi connectivity index (χ3v) is 2.76. The Hall–Kier alpha value is -1.18. The predicted molar refractivity (Wildman–Crippen MR) is 70.1 cm³/mol. The maximum Gasteiger partial charge on any atom is 0.411 e. The summed E-state index contributed by atoms with van der Waals surface area (Å²) in [6.45, 7) is -1.70. The quantitative estimate of drug-likeness (QED) is 0.644. The molecule has 0 unspecified atom stereocenters. The zero-order chi connectivity index (χ0) is 15.3. The molecule has 0 saturated carbocycles. The Morgan fingerprint density at radius 2 is 1.85 bits per heavy atom. The Labute approximate surface area is 123 Å². The van der Waals surface area contributed by atoms with Gasteiger partial charge in [0.2, 0.25) is 0 Å². The number of hydrogen-bond donors (Lipinski definition) is 2. The minimum absolute atomic E-state index is 0.0749. The number of anilines is 1. The number of rotatable bonds is 5. The normalized spacial score (nSPS) is 11.4. The second kappa shape index (κ2) is 7.01. The van der Waals surface area contributed by atoms with Gasteiger partial charge in [0.15, 0.2) is 0 Å². The van der Waals surface area contributed by atoms with Crippen LogP contribution in [-0.4, -0.2) is 31.8 Å². The average Bonchev–Trinajstić information content (AvgIpc) is 2.33. The van der Waals surface area contributed by atoms with E-state index in [9.17, 15) is 18.0 Å². The standard InChI is InChI=1S/C11H11Cl2F3N2O2/c12-7-3-6(4-8(13)9(7)17)10(19)18-1-2-20-5-11(14,15)16/h3-4H,1-2,5,17H2,(H,18,19). The highest BCUT2D eigenvalue weighted by Crippen LogP contribution is 2.28. The van der Waals surface area contributed by atoms with Crippen LogP contribution in [0.2, 0.25) is 10.0 Å². The molecule has 0 atom stereocenters. The number of nitrogen functional groups attached to an aromatic ring is 1. The van der Waals surface area contributed by atoms with Crippen molar-refractivity contribution in [1.82, 2.24) is 5.32 Å². The SMILES string of the molecule is Nc1c(Cl)cc(C(=O)NCCOCC(F)(F)F)cc1Cl. The molecule has 0 aliphatic rings. The van der Waals surface area contributed by atoms with Crippen molar-refractivity contribution in [3.63, 3.8) is 0 Å². The van der Waals surface area contributed by atoms with Crippen molar-refractivity contribution in [2.24, 2.45) is 0 Å². The average molecular weight is 331 g/mol. The third kappa shape index (κ3) is 5.44. The topological polar surface area (TPSA) is 64.4 Å². The lowest BCUT2D eigenvalue weighted by Gasteiger charge is -2.09. The molecule has 112 valence electrons. The van der Waals surface area contributed by atoms with E-state index in [4.69, 9.17) is 28.9 Å². The summed E-state index contributed by atoms with van der Waals surface area (Å²) in [4.78, 5) is 11.7. The molecule has 1 aromatic carbocycles. The second-order valence-corrected chi connectivity index (χ2v) is 4.59. The van der Waals surface area contributed by atoms with Crippen LogP contribution in [0.5, 0.6) is 0 Å². The van der Waals surface area contributed by atoms with E-state index in [1.807, 2.05) is 0 Å². The van der Waals surface area contributed by atoms with Gasteiger partial charge in [-0.05, 0) is 12.1 Å². The number of alkyl halides is 3. The molecular formula is C11H11Cl2F3N2O2. The van der Waals surface area contributed by atoms with Crippen molar-refractivity contribution in [2.45, 2.75) is 6.18 Å². The summed E-state index contributed by atoms with van der Waals surface area (Å²) in [7, 11) is 0. The van der Waals surface area contributed by atoms with Crippen LogP contribution in [0.4, 0.5) is 18.9 Å². The van der Waals surface area contributed by atoms with Crippen molar-refractivity contribution in [3.8, 4) is 0 Å². The van der Waals surface area contributed by atoms with Crippen molar-refractivity contribution >= 4 is 34.8 Å². The third-order valence-electron chi connectivity index (χ3n) is 2.14. The summed E-state index contributed by atoms with van der Waals surface area (Å²) < 4.78 is 39.7. The fourth-order valence-electron chi connectivity index (χ4n) is 1.24. The van der Waals surface area contributed by atoms with Gasteiger partial charge in [0.1, 0.15) is 6.61 Å². The Morgan fingerprint density at radius 3 is 2.35 bits per heavy atom. The molecule has 0 fully saturated rings. The van der Waals surface area contributed by atoms with Gasteiger partial charge in [-0.3, -0.25) is 4.79 Å². The summed E-state index contributed by atoms with van der Waals surface area (Å²) in [5, 5.41) is 2.61. The number of amides is 1. The molecule has 0 aromatic heterocycles. The van der Waals surface area contributed by atoms with Gasteiger partial charge in [0, 0.05) is 12.1 Å². The molecule has 0 saturated heterocycles. The van der Waals surface area contributed by atoms with Gasteiger partial charge < -0.3 is 15.8 Å². The van der Waals surface area contributed by atoms with Crippen molar-refractivity contribution in [2.75, 3.05) is 25.5 Å². The van der Waals surface area contributed by atoms with Crippen LogP contribution in [-0.2, 0) is 4.74 Å². The first-order chi connectivity index (χ1) is 9.20. The van der Waals surface area contributed by atoms with Gasteiger partial charge in [-0.25, -0.2) is 0 Å². The summed E-state index contributed by atoms with van der Waals surface area (Å²) in [5.41, 5.74) is 5.82. The van der Waals surface area contributed by atoms with Crippen LogP contribution < -0.4 is 11.1 Å². The van der Waals surface area contributed by atoms with E-state index < -0.39 is 18.7 Å². The van der Waals surface area contributed by atoms with E-state index in [2.05, 4.69) is 10.1 Å². The molecule has 0 radical (unpaired) electrons. The number of carbonyl (C=O) groups excluding carboxylic acids is 1. The fourth-order valence-corrected chi connectivity index (χ4v) is 1.73. The van der Waals surface area contributed by atoms with E-state index in [1.165, 1.54) is 12.1 Å². The number of ether oxygens (including phenoxy) is 1. The molecule has 9 heteroatoms. The number of benzene rings is 1. The monoisotopic (exact) mass is 330 g/mol. The molecule has 1 rings (SSSR count). The van der Waals surface area contributed by atoms with E-state index in [0.717, 1.165) is 0 Å². The largest absolute Gasteiger partial charge is 0.411 e. The molecule has 0 spiro atoms. The molecule has 20 heavy (non-hydrogen) atoms. The Kier molecular flexibility index (Phi) is 5.91. The molecule has 4 nitrogen and oxygen atoms in total. The van der Waals surface area contributed by atoms with E-state index in [-0.39, 0.29) is 34.4 Å². The lowest BCUT2D eigenvalue weighted by molar-refractivity contribution is -0.173. The lowest BCUT2D eigenvalue weighted by atomic mass is 10.2. The molecule has 1 amide bonds. The highest BCUT2D eigenvalue weighted by atomic mass is 35.5. The van der Waals surface area contributed by atoms with E-state index >= 15 is 0 Å². The molecule has 0 aliphatic carbocycles. The minimum Gasteiger partial charge on any atom is -0.396 e. The molecule has 0 aliphatic heterocycles. The lowest BCUT2D eigenvalue weighted by Crippen LogP contribution is -2.28. The molecular weight excluding hydrogens is 320 g/mol. The maximum atomic E-state index is 11.8. The van der Waals surface area contributed by atoms with Crippen LogP contribution in [0.15, 0.2) is 12.1 Å². The summed E-state index contributed by atoms with van der Waals surface area (Å²) in [6.07, 6.45) is -4.39. The highest BCUT2D eigenvalue weighted by Gasteiger charge is 2.27. The van der Waals surface area contributed by atoms with Crippen LogP contribution in [0.3, 0.4) is 0 Å². The first kappa shape index (κ1) is 16.9. The zero-order valence-electron chi connectivity index (χ0n) is 10.1. The second-order valence-electron chi connectivity index (χ2n) is 3.78. The molecule has 0 heterocycles. The van der Waals surface area contributed by atoms with Crippen LogP contribution in [0.1, 0.15) is 10.4 Å².